The Balaban J connectivity index is 1.29. The molecule has 1 saturated heterocycles. The molecule has 0 unspecified atom stereocenters. The Morgan fingerprint density at radius 2 is 2.09 bits per heavy atom. The second-order valence-corrected chi connectivity index (χ2v) is 8.70. The van der Waals surface area contributed by atoms with Crippen molar-refractivity contribution in [3.8, 4) is 5.75 Å². The van der Waals surface area contributed by atoms with Gasteiger partial charge in [-0.2, -0.15) is 0 Å². The molecule has 2 aromatic rings. The van der Waals surface area contributed by atoms with E-state index in [-0.39, 0.29) is 11.8 Å². The number of aromatic nitrogens is 3. The maximum absolute atomic E-state index is 12.6. The third-order valence-electron chi connectivity index (χ3n) is 6.41. The Morgan fingerprint density at radius 3 is 2.94 bits per heavy atom. The Hall–Kier alpha value is -2.71. The van der Waals surface area contributed by atoms with Crippen molar-refractivity contribution in [1.29, 1.82) is 0 Å². The summed E-state index contributed by atoms with van der Waals surface area (Å²) in [4.78, 5) is 17.2. The van der Waals surface area contributed by atoms with Crippen LogP contribution in [0.3, 0.4) is 0 Å². The van der Waals surface area contributed by atoms with Crippen molar-refractivity contribution < 1.29 is 9.53 Å². The third-order valence-corrected chi connectivity index (χ3v) is 6.41. The largest absolute Gasteiger partial charge is 0.496 e. The molecule has 2 aliphatic heterocycles. The van der Waals surface area contributed by atoms with E-state index in [1.165, 1.54) is 0 Å². The Bertz CT molecular complexity index is 940. The molecule has 0 bridgehead atoms. The second-order valence-electron chi connectivity index (χ2n) is 8.70. The van der Waals surface area contributed by atoms with Gasteiger partial charge in [0.2, 0.25) is 5.91 Å². The number of nitrogens with zero attached hydrogens (tertiary/aromatic N) is 5. The summed E-state index contributed by atoms with van der Waals surface area (Å²) in [6.45, 7) is 5.93. The quantitative estimate of drug-likeness (QED) is 0.711. The first-order chi connectivity index (χ1) is 15.6. The topological polar surface area (TPSA) is 75.5 Å². The zero-order valence-corrected chi connectivity index (χ0v) is 19.2. The Labute approximate surface area is 190 Å². The highest BCUT2D eigenvalue weighted by Crippen LogP contribution is 2.19. The number of ether oxygens (including phenoxy) is 1. The minimum Gasteiger partial charge on any atom is -0.496 e. The van der Waals surface area contributed by atoms with Gasteiger partial charge in [0.25, 0.3) is 0 Å². The van der Waals surface area contributed by atoms with Crippen LogP contribution in [0.1, 0.15) is 30.1 Å². The van der Waals surface area contributed by atoms with Gasteiger partial charge in [-0.15, -0.1) is 10.2 Å². The molecular formula is C24H34N6O2. The summed E-state index contributed by atoms with van der Waals surface area (Å²) in [6.07, 6.45) is 7.21. The first-order valence-corrected chi connectivity index (χ1v) is 11.5. The van der Waals surface area contributed by atoms with Gasteiger partial charge in [0.1, 0.15) is 11.6 Å². The minimum atomic E-state index is 0.0748. The molecule has 0 spiro atoms. The predicted octanol–water partition coefficient (Wildman–Crippen LogP) is 1.82. The Kier molecular flexibility index (Phi) is 7.55. The molecule has 1 aromatic heterocycles. The molecule has 1 N–H and O–H groups in total. The van der Waals surface area contributed by atoms with E-state index in [2.05, 4.69) is 55.1 Å². The van der Waals surface area contributed by atoms with Gasteiger partial charge in [-0.1, -0.05) is 30.4 Å². The van der Waals surface area contributed by atoms with Gasteiger partial charge in [0.05, 0.1) is 19.6 Å². The van der Waals surface area contributed by atoms with E-state index in [1.807, 2.05) is 18.2 Å². The number of carbonyl (C=O) groups excluding carboxylic acids is 1. The summed E-state index contributed by atoms with van der Waals surface area (Å²) in [5, 5.41) is 11.9. The normalized spacial score (nSPS) is 20.1. The van der Waals surface area contributed by atoms with Crippen LogP contribution in [0.15, 0.2) is 30.3 Å². The smallest absolute Gasteiger partial charge is 0.224 e. The molecule has 0 saturated carbocycles. The number of methoxy groups -OCH3 is 1. The van der Waals surface area contributed by atoms with Crippen LogP contribution in [-0.4, -0.2) is 77.4 Å². The molecule has 32 heavy (non-hydrogen) atoms. The van der Waals surface area contributed by atoms with Gasteiger partial charge in [0, 0.05) is 44.7 Å². The highest BCUT2D eigenvalue weighted by atomic mass is 16.5. The zero-order valence-electron chi connectivity index (χ0n) is 19.2. The van der Waals surface area contributed by atoms with Crippen molar-refractivity contribution in [1.82, 2.24) is 29.9 Å². The molecule has 0 aliphatic carbocycles. The molecule has 8 nitrogen and oxygen atoms in total. The second kappa shape index (κ2) is 10.7. The molecule has 1 amide bonds. The van der Waals surface area contributed by atoms with Crippen LogP contribution >= 0.6 is 0 Å². The molecule has 1 fully saturated rings. The van der Waals surface area contributed by atoms with E-state index in [0.717, 1.165) is 81.5 Å². The Morgan fingerprint density at radius 1 is 1.22 bits per heavy atom. The first kappa shape index (κ1) is 22.5. The summed E-state index contributed by atoms with van der Waals surface area (Å²) in [5.41, 5.74) is 1.09. The summed E-state index contributed by atoms with van der Waals surface area (Å²) >= 11 is 0. The summed E-state index contributed by atoms with van der Waals surface area (Å²) < 4.78 is 7.60. The minimum absolute atomic E-state index is 0.0748. The number of benzene rings is 1. The van der Waals surface area contributed by atoms with Crippen molar-refractivity contribution in [2.24, 2.45) is 5.92 Å². The monoisotopic (exact) mass is 438 g/mol. The number of amides is 1. The average molecular weight is 439 g/mol. The molecular weight excluding hydrogens is 404 g/mol. The van der Waals surface area contributed by atoms with Crippen LogP contribution in [0.5, 0.6) is 5.75 Å². The molecule has 2 aliphatic rings. The van der Waals surface area contributed by atoms with Crippen molar-refractivity contribution in [2.75, 3.05) is 46.9 Å². The number of carbonyl (C=O) groups is 1. The van der Waals surface area contributed by atoms with Crippen molar-refractivity contribution in [3.63, 3.8) is 0 Å². The van der Waals surface area contributed by atoms with E-state index in [9.17, 15) is 4.79 Å². The number of fused-ring (bicyclic) bond motifs is 1. The van der Waals surface area contributed by atoms with Gasteiger partial charge in [-0.05, 0) is 32.5 Å². The zero-order chi connectivity index (χ0) is 22.3. The van der Waals surface area contributed by atoms with E-state index in [4.69, 9.17) is 4.74 Å². The highest BCUT2D eigenvalue weighted by Gasteiger charge is 2.24. The molecule has 8 heteroatoms. The SMILES string of the molecule is COc1ccccc1/C=C/CN1CCc2nnc(CNC(=O)[C@H]3CCCN(C)C3)n2CC1. The molecule has 1 atom stereocenters. The molecule has 0 radical (unpaired) electrons. The number of hydrogen-bond acceptors (Lipinski definition) is 6. The van der Waals surface area contributed by atoms with Crippen LogP contribution in [0.2, 0.25) is 0 Å². The van der Waals surface area contributed by atoms with Gasteiger partial charge < -0.3 is 19.5 Å². The number of para-hydroxylation sites is 1. The standard InChI is InChI=1S/C24H34N6O2/c1-28-12-5-9-20(18-28)24(31)25-17-23-27-26-22-11-14-29(15-16-30(22)23)13-6-8-19-7-3-4-10-21(19)32-2/h3-4,6-8,10,20H,5,9,11-18H2,1-2H3,(H,25,31)/b8-6+/t20-/m0/s1. The lowest BCUT2D eigenvalue weighted by molar-refractivity contribution is -0.126. The fourth-order valence-corrected chi connectivity index (χ4v) is 4.56. The lowest BCUT2D eigenvalue weighted by atomic mass is 9.98. The number of hydrogen-bond donors (Lipinski definition) is 1. The number of rotatable bonds is 7. The van der Waals surface area contributed by atoms with Crippen molar-refractivity contribution >= 4 is 12.0 Å². The highest BCUT2D eigenvalue weighted by molar-refractivity contribution is 5.78. The van der Waals surface area contributed by atoms with Gasteiger partial charge >= 0.3 is 0 Å². The lowest BCUT2D eigenvalue weighted by Crippen LogP contribution is -2.41. The van der Waals surface area contributed by atoms with Crippen LogP contribution in [-0.2, 0) is 24.3 Å². The van der Waals surface area contributed by atoms with Crippen LogP contribution in [0, 0.1) is 5.92 Å². The van der Waals surface area contributed by atoms with Crippen molar-refractivity contribution in [3.05, 3.63) is 47.6 Å². The maximum Gasteiger partial charge on any atom is 0.224 e. The summed E-state index contributed by atoms with van der Waals surface area (Å²) in [6, 6.07) is 8.04. The van der Waals surface area contributed by atoms with E-state index < -0.39 is 0 Å². The molecule has 1 aromatic carbocycles. The van der Waals surface area contributed by atoms with E-state index in [0.29, 0.717) is 6.54 Å². The van der Waals surface area contributed by atoms with E-state index >= 15 is 0 Å². The fourth-order valence-electron chi connectivity index (χ4n) is 4.56. The number of nitrogens with one attached hydrogen (secondary N) is 1. The average Bonchev–Trinajstić information content (AvgIpc) is 3.09. The first-order valence-electron chi connectivity index (χ1n) is 11.5. The fraction of sp³-hybridized carbons (Fsp3) is 0.542. The maximum atomic E-state index is 12.6. The number of likely N-dealkylation sites (tertiary alicyclic amines) is 1. The number of piperidine rings is 1. The van der Waals surface area contributed by atoms with Crippen LogP contribution < -0.4 is 10.1 Å². The van der Waals surface area contributed by atoms with Crippen LogP contribution in [0.4, 0.5) is 0 Å². The molecule has 172 valence electrons. The third kappa shape index (κ3) is 5.55. The summed E-state index contributed by atoms with van der Waals surface area (Å²) in [5.74, 6) is 2.94. The van der Waals surface area contributed by atoms with Crippen LogP contribution in [0.25, 0.3) is 6.08 Å². The van der Waals surface area contributed by atoms with Gasteiger partial charge in [-0.25, -0.2) is 0 Å². The van der Waals surface area contributed by atoms with Crippen molar-refractivity contribution in [2.45, 2.75) is 32.4 Å². The molecule has 3 heterocycles. The molecule has 4 rings (SSSR count). The predicted molar refractivity (Wildman–Crippen MR) is 124 cm³/mol. The lowest BCUT2D eigenvalue weighted by Gasteiger charge is -2.28. The summed E-state index contributed by atoms with van der Waals surface area (Å²) in [7, 11) is 3.78. The van der Waals surface area contributed by atoms with E-state index in [1.54, 1.807) is 7.11 Å². The van der Waals surface area contributed by atoms with Gasteiger partial charge in [-0.3, -0.25) is 9.69 Å². The van der Waals surface area contributed by atoms with Gasteiger partial charge in [0.15, 0.2) is 5.82 Å².